The van der Waals surface area contributed by atoms with Crippen molar-refractivity contribution in [2.45, 2.75) is 6.92 Å². The second kappa shape index (κ2) is 9.05. The first-order chi connectivity index (χ1) is 14.0. The zero-order chi connectivity index (χ0) is 20.8. The molecule has 0 atom stereocenters. The lowest BCUT2D eigenvalue weighted by atomic mass is 10.1. The van der Waals surface area contributed by atoms with Crippen LogP contribution in [0.2, 0.25) is 0 Å². The Balaban J connectivity index is 1.95. The molecule has 0 unspecified atom stereocenters. The summed E-state index contributed by atoms with van der Waals surface area (Å²) in [4.78, 5) is 17.0. The average molecular weight is 391 g/mol. The summed E-state index contributed by atoms with van der Waals surface area (Å²) in [6.07, 6.45) is 6.48. The molecule has 7 heteroatoms. The summed E-state index contributed by atoms with van der Waals surface area (Å²) in [5, 5.41) is 4.06. The predicted octanol–water partition coefficient (Wildman–Crippen LogP) is 4.45. The molecule has 6 nitrogen and oxygen atoms in total. The Morgan fingerprint density at radius 1 is 1.24 bits per heavy atom. The van der Waals surface area contributed by atoms with Crippen LogP contribution in [0.4, 0.5) is 10.2 Å². The fourth-order valence-electron chi connectivity index (χ4n) is 2.70. The minimum atomic E-state index is -0.387. The Morgan fingerprint density at radius 3 is 2.76 bits per heavy atom. The number of allylic oxidation sites excluding steroid dienone is 1. The topological polar surface area (TPSA) is 72.3 Å². The smallest absolute Gasteiger partial charge is 0.145 e. The van der Waals surface area contributed by atoms with E-state index in [9.17, 15) is 4.39 Å². The van der Waals surface area contributed by atoms with Gasteiger partial charge in [-0.25, -0.2) is 14.4 Å². The van der Waals surface area contributed by atoms with Gasteiger partial charge in [-0.05, 0) is 42.8 Å². The number of rotatable bonds is 7. The van der Waals surface area contributed by atoms with Gasteiger partial charge in [-0.3, -0.25) is 9.98 Å². The Bertz CT molecular complexity index is 1090. The maximum atomic E-state index is 13.2. The molecular weight excluding hydrogens is 369 g/mol. The van der Waals surface area contributed by atoms with E-state index in [0.29, 0.717) is 29.3 Å². The number of methoxy groups -OCH3 is 1. The zero-order valence-corrected chi connectivity index (χ0v) is 16.6. The van der Waals surface area contributed by atoms with Crippen LogP contribution < -0.4 is 10.1 Å². The van der Waals surface area contributed by atoms with E-state index in [2.05, 4.69) is 31.8 Å². The van der Waals surface area contributed by atoms with E-state index in [1.54, 1.807) is 20.2 Å². The van der Waals surface area contributed by atoms with Gasteiger partial charge in [0.25, 0.3) is 0 Å². The van der Waals surface area contributed by atoms with Gasteiger partial charge >= 0.3 is 0 Å². The SMILES string of the molecule is C=C(/C=C\C(C)=NC)CNc1ncnc2c(OC)cc(-c3ccc(F)cn3)cc12. The summed E-state index contributed by atoms with van der Waals surface area (Å²) >= 11 is 0. The van der Waals surface area contributed by atoms with Gasteiger partial charge < -0.3 is 10.1 Å². The van der Waals surface area contributed by atoms with Crippen LogP contribution >= 0.6 is 0 Å². The quantitative estimate of drug-likeness (QED) is 0.476. The number of halogens is 1. The Morgan fingerprint density at radius 2 is 2.07 bits per heavy atom. The molecule has 0 saturated heterocycles. The summed E-state index contributed by atoms with van der Waals surface area (Å²) in [7, 11) is 3.32. The number of anilines is 1. The fourth-order valence-corrected chi connectivity index (χ4v) is 2.70. The largest absolute Gasteiger partial charge is 0.494 e. The first kappa shape index (κ1) is 20.1. The van der Waals surface area contributed by atoms with Gasteiger partial charge in [0.1, 0.15) is 29.2 Å². The van der Waals surface area contributed by atoms with Gasteiger partial charge in [0, 0.05) is 30.3 Å². The van der Waals surface area contributed by atoms with Gasteiger partial charge in [-0.2, -0.15) is 0 Å². The number of nitrogens with zero attached hydrogens (tertiary/aromatic N) is 4. The lowest BCUT2D eigenvalue weighted by Gasteiger charge is -2.12. The standard InChI is InChI=1S/C22H22FN5O/c1-14(5-6-15(2)24-3)11-26-22-18-9-16(19-8-7-17(23)12-25-19)10-20(29-4)21(18)27-13-28-22/h5-10,12-13H,1,11H2,2-4H3,(H,26,27,28)/b6-5-,24-15?. The number of benzene rings is 1. The number of ether oxygens (including phenoxy) is 1. The number of fused-ring (bicyclic) bond motifs is 1. The molecule has 0 aliphatic rings. The monoisotopic (exact) mass is 391 g/mol. The lowest BCUT2D eigenvalue weighted by Crippen LogP contribution is -2.06. The highest BCUT2D eigenvalue weighted by atomic mass is 19.1. The highest BCUT2D eigenvalue weighted by Crippen LogP contribution is 2.33. The molecule has 0 aliphatic carbocycles. The molecule has 0 bridgehead atoms. The first-order valence-corrected chi connectivity index (χ1v) is 8.99. The third-order valence-corrected chi connectivity index (χ3v) is 4.34. The molecule has 0 aliphatic heterocycles. The Hall–Kier alpha value is -3.61. The molecule has 0 saturated carbocycles. The van der Waals surface area contributed by atoms with E-state index in [-0.39, 0.29) is 5.82 Å². The van der Waals surface area contributed by atoms with Crippen molar-refractivity contribution in [1.82, 2.24) is 15.0 Å². The molecule has 3 aromatic rings. The van der Waals surface area contributed by atoms with E-state index in [4.69, 9.17) is 4.74 Å². The Kier molecular flexibility index (Phi) is 6.29. The van der Waals surface area contributed by atoms with Crippen molar-refractivity contribution in [2.24, 2.45) is 4.99 Å². The van der Waals surface area contributed by atoms with Gasteiger partial charge in [-0.1, -0.05) is 12.7 Å². The van der Waals surface area contributed by atoms with Crippen LogP contribution in [-0.2, 0) is 0 Å². The third kappa shape index (κ3) is 4.82. The molecule has 3 rings (SSSR count). The summed E-state index contributed by atoms with van der Waals surface area (Å²) in [6.45, 7) is 6.47. The van der Waals surface area contributed by atoms with E-state index >= 15 is 0 Å². The summed E-state index contributed by atoms with van der Waals surface area (Å²) in [5.74, 6) is 0.845. The predicted molar refractivity (Wildman–Crippen MR) is 115 cm³/mol. The van der Waals surface area contributed by atoms with Crippen molar-refractivity contribution < 1.29 is 9.13 Å². The van der Waals surface area contributed by atoms with Crippen molar-refractivity contribution in [3.05, 3.63) is 66.9 Å². The molecule has 29 heavy (non-hydrogen) atoms. The number of aliphatic imine (C=N–C) groups is 1. The number of pyridine rings is 1. The summed E-state index contributed by atoms with van der Waals surface area (Å²) in [6, 6.07) is 6.73. The molecule has 2 aromatic heterocycles. The summed E-state index contributed by atoms with van der Waals surface area (Å²) < 4.78 is 18.7. The van der Waals surface area contributed by atoms with Crippen molar-refractivity contribution in [3.63, 3.8) is 0 Å². The van der Waals surface area contributed by atoms with E-state index in [1.807, 2.05) is 31.2 Å². The van der Waals surface area contributed by atoms with Crippen LogP contribution in [0, 0.1) is 5.82 Å². The zero-order valence-electron chi connectivity index (χ0n) is 16.6. The fraction of sp³-hybridized carbons (Fsp3) is 0.182. The lowest BCUT2D eigenvalue weighted by molar-refractivity contribution is 0.419. The second-order valence-electron chi connectivity index (χ2n) is 6.37. The van der Waals surface area contributed by atoms with E-state index < -0.39 is 0 Å². The van der Waals surface area contributed by atoms with Crippen molar-refractivity contribution >= 4 is 22.4 Å². The third-order valence-electron chi connectivity index (χ3n) is 4.34. The molecule has 0 amide bonds. The van der Waals surface area contributed by atoms with Crippen LogP contribution in [0.5, 0.6) is 5.75 Å². The van der Waals surface area contributed by atoms with Gasteiger partial charge in [0.2, 0.25) is 0 Å². The van der Waals surface area contributed by atoms with Gasteiger partial charge in [0.15, 0.2) is 0 Å². The van der Waals surface area contributed by atoms with Crippen molar-refractivity contribution in [1.29, 1.82) is 0 Å². The highest BCUT2D eigenvalue weighted by molar-refractivity contribution is 5.96. The van der Waals surface area contributed by atoms with Gasteiger partial charge in [0.05, 0.1) is 19.0 Å². The van der Waals surface area contributed by atoms with E-state index in [1.165, 1.54) is 18.6 Å². The normalized spacial score (nSPS) is 11.8. The summed E-state index contributed by atoms with van der Waals surface area (Å²) in [5.41, 5.74) is 3.87. The molecule has 0 spiro atoms. The molecule has 1 aromatic carbocycles. The maximum absolute atomic E-state index is 13.2. The van der Waals surface area contributed by atoms with Gasteiger partial charge in [-0.15, -0.1) is 0 Å². The molecule has 0 radical (unpaired) electrons. The highest BCUT2D eigenvalue weighted by Gasteiger charge is 2.12. The molecule has 0 fully saturated rings. The first-order valence-electron chi connectivity index (χ1n) is 8.99. The molecule has 2 heterocycles. The van der Waals surface area contributed by atoms with Crippen LogP contribution in [0.1, 0.15) is 6.92 Å². The molecule has 1 N–H and O–H groups in total. The second-order valence-corrected chi connectivity index (χ2v) is 6.37. The van der Waals surface area contributed by atoms with E-state index in [0.717, 1.165) is 22.2 Å². The molecule has 148 valence electrons. The minimum Gasteiger partial charge on any atom is -0.494 e. The van der Waals surface area contributed by atoms with Crippen molar-refractivity contribution in [3.8, 4) is 17.0 Å². The van der Waals surface area contributed by atoms with Crippen LogP contribution in [-0.4, -0.2) is 41.4 Å². The average Bonchev–Trinajstić information content (AvgIpc) is 2.75. The van der Waals surface area contributed by atoms with Crippen LogP contribution in [0.25, 0.3) is 22.2 Å². The maximum Gasteiger partial charge on any atom is 0.145 e. The van der Waals surface area contributed by atoms with Crippen LogP contribution in [0.15, 0.2) is 66.1 Å². The van der Waals surface area contributed by atoms with Crippen LogP contribution in [0.3, 0.4) is 0 Å². The number of hydrogen-bond acceptors (Lipinski definition) is 6. The minimum absolute atomic E-state index is 0.387. The van der Waals surface area contributed by atoms with Crippen molar-refractivity contribution in [2.75, 3.05) is 26.0 Å². The number of nitrogens with one attached hydrogen (secondary N) is 1. The molecular formula is C22H22FN5O. The Labute approximate surface area is 168 Å². The number of aromatic nitrogens is 3. The number of hydrogen-bond donors (Lipinski definition) is 1.